The molecule has 148 valence electrons. The predicted molar refractivity (Wildman–Crippen MR) is 115 cm³/mol. The van der Waals surface area contributed by atoms with Crippen LogP contribution in [0.25, 0.3) is 33.1 Å². The van der Waals surface area contributed by atoms with E-state index >= 15 is 0 Å². The number of nitrogens with zero attached hydrogens (tertiary/aromatic N) is 2. The number of aromatic carboxylic acids is 1. The lowest BCUT2D eigenvalue weighted by Crippen LogP contribution is -2.14. The van der Waals surface area contributed by atoms with Crippen molar-refractivity contribution in [2.75, 3.05) is 0 Å². The Bertz CT molecular complexity index is 1460. The molecule has 0 aliphatic rings. The zero-order valence-corrected chi connectivity index (χ0v) is 16.3. The second kappa shape index (κ2) is 6.89. The average molecular weight is 419 g/mol. The molecule has 3 aromatic heterocycles. The Labute approximate surface area is 174 Å². The van der Waals surface area contributed by atoms with Gasteiger partial charge in [0.15, 0.2) is 0 Å². The smallest absolute Gasteiger partial charge is 0.353 e. The van der Waals surface area contributed by atoms with E-state index in [1.165, 1.54) is 6.20 Å². The maximum absolute atomic E-state index is 12.5. The van der Waals surface area contributed by atoms with Crippen molar-refractivity contribution in [1.82, 2.24) is 19.5 Å². The minimum Gasteiger partial charge on any atom is -0.477 e. The Morgan fingerprint density at radius 2 is 1.97 bits per heavy atom. The van der Waals surface area contributed by atoms with Gasteiger partial charge in [-0.2, -0.15) is 0 Å². The number of fused-ring (bicyclic) bond motifs is 2. The van der Waals surface area contributed by atoms with E-state index in [-0.39, 0.29) is 23.4 Å². The van der Waals surface area contributed by atoms with Gasteiger partial charge >= 0.3 is 5.97 Å². The summed E-state index contributed by atoms with van der Waals surface area (Å²) >= 11 is 6.21. The van der Waals surface area contributed by atoms with Gasteiger partial charge in [0.2, 0.25) is 0 Å². The number of imidazole rings is 1. The standard InChI is InChI=1S/C22H15ClN4O3/c23-12-7-8-17-14(10-12)19(13-4-3-9-24-21(13)28)20(22(29)30)27(17)11-18-25-15-5-1-2-6-16(15)26-18/h1-10H,11H2,(H,24,28)(H,25,26)(H,29,30). The van der Waals surface area contributed by atoms with Crippen LogP contribution in [0.2, 0.25) is 5.02 Å². The van der Waals surface area contributed by atoms with Crippen LogP contribution in [0, 0.1) is 0 Å². The van der Waals surface area contributed by atoms with Crippen molar-refractivity contribution in [3.63, 3.8) is 0 Å². The van der Waals surface area contributed by atoms with Crippen LogP contribution < -0.4 is 5.56 Å². The Kier molecular flexibility index (Phi) is 4.18. The van der Waals surface area contributed by atoms with Gasteiger partial charge in [-0.25, -0.2) is 9.78 Å². The zero-order chi connectivity index (χ0) is 20.8. The van der Waals surface area contributed by atoms with E-state index in [2.05, 4.69) is 15.0 Å². The summed E-state index contributed by atoms with van der Waals surface area (Å²) in [5.74, 6) is -0.532. The van der Waals surface area contributed by atoms with Crippen molar-refractivity contribution in [1.29, 1.82) is 0 Å². The highest BCUT2D eigenvalue weighted by Crippen LogP contribution is 2.35. The van der Waals surface area contributed by atoms with Crippen molar-refractivity contribution in [3.05, 3.63) is 87.7 Å². The quantitative estimate of drug-likeness (QED) is 0.405. The lowest BCUT2D eigenvalue weighted by Gasteiger charge is -2.07. The van der Waals surface area contributed by atoms with Crippen LogP contribution in [0.5, 0.6) is 0 Å². The number of pyridine rings is 1. The number of rotatable bonds is 4. The molecule has 5 aromatic rings. The molecule has 3 heterocycles. The van der Waals surface area contributed by atoms with Crippen molar-refractivity contribution in [2.24, 2.45) is 0 Å². The van der Waals surface area contributed by atoms with E-state index in [1.54, 1.807) is 34.9 Å². The molecule has 0 aliphatic carbocycles. The van der Waals surface area contributed by atoms with Gasteiger partial charge in [0, 0.05) is 33.2 Å². The van der Waals surface area contributed by atoms with Crippen molar-refractivity contribution in [2.45, 2.75) is 6.54 Å². The highest BCUT2D eigenvalue weighted by atomic mass is 35.5. The molecule has 0 spiro atoms. The summed E-state index contributed by atoms with van der Waals surface area (Å²) in [5.41, 5.74) is 2.54. The van der Waals surface area contributed by atoms with Crippen LogP contribution in [0.3, 0.4) is 0 Å². The minimum atomic E-state index is -1.14. The second-order valence-electron chi connectivity index (χ2n) is 6.89. The third kappa shape index (κ3) is 2.87. The van der Waals surface area contributed by atoms with E-state index < -0.39 is 5.97 Å². The summed E-state index contributed by atoms with van der Waals surface area (Å²) in [6.07, 6.45) is 1.51. The van der Waals surface area contributed by atoms with Gasteiger partial charge < -0.3 is 19.6 Å². The van der Waals surface area contributed by atoms with Gasteiger partial charge in [0.25, 0.3) is 5.56 Å². The number of carboxylic acid groups (broad SMARTS) is 1. The zero-order valence-electron chi connectivity index (χ0n) is 15.5. The Balaban J connectivity index is 1.81. The molecule has 5 rings (SSSR count). The largest absolute Gasteiger partial charge is 0.477 e. The topological polar surface area (TPSA) is 104 Å². The molecular formula is C22H15ClN4O3. The molecule has 0 atom stereocenters. The molecule has 2 aromatic carbocycles. The number of hydrogen-bond donors (Lipinski definition) is 3. The molecule has 0 saturated heterocycles. The van der Waals surface area contributed by atoms with Gasteiger partial charge in [-0.15, -0.1) is 0 Å². The maximum atomic E-state index is 12.5. The van der Waals surface area contributed by atoms with Crippen LogP contribution in [0.4, 0.5) is 0 Å². The fourth-order valence-electron chi connectivity index (χ4n) is 3.83. The molecule has 0 fully saturated rings. The number of benzene rings is 2. The Morgan fingerprint density at radius 3 is 2.73 bits per heavy atom. The fraction of sp³-hybridized carbons (Fsp3) is 0.0455. The average Bonchev–Trinajstić information content (AvgIpc) is 3.27. The first kappa shape index (κ1) is 18.2. The number of aromatic amines is 2. The Morgan fingerprint density at radius 1 is 1.13 bits per heavy atom. The van der Waals surface area contributed by atoms with Crippen LogP contribution in [-0.4, -0.2) is 30.6 Å². The second-order valence-corrected chi connectivity index (χ2v) is 7.33. The normalized spacial score (nSPS) is 11.4. The van der Waals surface area contributed by atoms with E-state index in [0.717, 1.165) is 11.0 Å². The molecule has 0 amide bonds. The van der Waals surface area contributed by atoms with E-state index in [1.807, 2.05) is 24.3 Å². The first-order valence-electron chi connectivity index (χ1n) is 9.19. The van der Waals surface area contributed by atoms with Gasteiger partial charge in [-0.05, 0) is 42.5 Å². The number of carbonyl (C=O) groups is 1. The molecule has 0 aliphatic heterocycles. The van der Waals surface area contributed by atoms with E-state index in [9.17, 15) is 14.7 Å². The van der Waals surface area contributed by atoms with Gasteiger partial charge in [0.05, 0.1) is 17.6 Å². The first-order valence-corrected chi connectivity index (χ1v) is 9.57. The van der Waals surface area contributed by atoms with Crippen LogP contribution >= 0.6 is 11.6 Å². The summed E-state index contributed by atoms with van der Waals surface area (Å²) in [6, 6.07) is 16.0. The number of nitrogens with one attached hydrogen (secondary N) is 2. The first-order chi connectivity index (χ1) is 14.5. The lowest BCUT2D eigenvalue weighted by molar-refractivity contribution is 0.0687. The summed E-state index contributed by atoms with van der Waals surface area (Å²) in [4.78, 5) is 35.3. The van der Waals surface area contributed by atoms with Gasteiger partial charge in [-0.1, -0.05) is 23.7 Å². The lowest BCUT2D eigenvalue weighted by atomic mass is 10.0. The summed E-state index contributed by atoms with van der Waals surface area (Å²) < 4.78 is 1.65. The molecule has 0 unspecified atom stereocenters. The molecule has 3 N–H and O–H groups in total. The molecule has 30 heavy (non-hydrogen) atoms. The van der Waals surface area contributed by atoms with E-state index in [4.69, 9.17) is 11.6 Å². The van der Waals surface area contributed by atoms with Crippen LogP contribution in [0.1, 0.15) is 16.3 Å². The number of para-hydroxylation sites is 2. The Hall–Kier alpha value is -3.84. The van der Waals surface area contributed by atoms with Gasteiger partial charge in [0.1, 0.15) is 11.5 Å². The van der Waals surface area contributed by atoms with Crippen molar-refractivity contribution in [3.8, 4) is 11.1 Å². The highest BCUT2D eigenvalue weighted by Gasteiger charge is 2.26. The number of aromatic nitrogens is 4. The minimum absolute atomic E-state index is 0.00410. The summed E-state index contributed by atoms with van der Waals surface area (Å²) in [6.45, 7) is 0.194. The van der Waals surface area contributed by atoms with Crippen molar-refractivity contribution < 1.29 is 9.90 Å². The summed E-state index contributed by atoms with van der Waals surface area (Å²) in [7, 11) is 0. The van der Waals surface area contributed by atoms with E-state index in [0.29, 0.717) is 27.3 Å². The maximum Gasteiger partial charge on any atom is 0.353 e. The molecule has 0 radical (unpaired) electrons. The number of hydrogen-bond acceptors (Lipinski definition) is 3. The van der Waals surface area contributed by atoms with Gasteiger partial charge in [-0.3, -0.25) is 4.79 Å². The molecule has 7 nitrogen and oxygen atoms in total. The molecular weight excluding hydrogens is 404 g/mol. The molecule has 0 saturated carbocycles. The molecule has 8 heteroatoms. The van der Waals surface area contributed by atoms with Crippen LogP contribution in [0.15, 0.2) is 65.6 Å². The van der Waals surface area contributed by atoms with Crippen molar-refractivity contribution >= 4 is 39.5 Å². The summed E-state index contributed by atoms with van der Waals surface area (Å²) in [5, 5.41) is 11.1. The monoisotopic (exact) mass is 418 g/mol. The number of halogens is 1. The SMILES string of the molecule is O=C(O)c1c(-c2ccc[nH]c2=O)c2cc(Cl)ccc2n1Cc1nc2ccccc2[nH]1. The van der Waals surface area contributed by atoms with Crippen LogP contribution in [-0.2, 0) is 6.54 Å². The molecule has 0 bridgehead atoms. The number of carboxylic acids is 1. The predicted octanol–water partition coefficient (Wildman–Crippen LogP) is 4.27. The highest BCUT2D eigenvalue weighted by molar-refractivity contribution is 6.31. The number of H-pyrrole nitrogens is 2. The fourth-order valence-corrected chi connectivity index (χ4v) is 4.01. The third-order valence-corrected chi connectivity index (χ3v) is 5.30. The third-order valence-electron chi connectivity index (χ3n) is 5.06.